The van der Waals surface area contributed by atoms with Gasteiger partial charge < -0.3 is 61.0 Å². The number of aromatic nitrogens is 4. The van der Waals surface area contributed by atoms with Gasteiger partial charge in [-0.25, -0.2) is 19.9 Å². The van der Waals surface area contributed by atoms with Crippen molar-refractivity contribution in [3.63, 3.8) is 0 Å². The van der Waals surface area contributed by atoms with Crippen molar-refractivity contribution < 1.29 is 34.2 Å². The Labute approximate surface area is 601 Å². The van der Waals surface area contributed by atoms with E-state index >= 15 is 0 Å². The number of nitrogens with zero attached hydrogens (tertiary/aromatic N) is 7. The monoisotopic (exact) mass is 1610 g/mol. The molecule has 18 nitrogen and oxygen atoms in total. The second kappa shape index (κ2) is 37.5. The zero-order valence-electron chi connectivity index (χ0n) is 55.2. The number of nitrogens with two attached hydrogens (primary N) is 1. The number of ketones is 2. The number of carbonyl (C=O) groups excluding carboxylic acids is 2. The lowest BCUT2D eigenvalue weighted by Crippen LogP contribution is -2.43. The van der Waals surface area contributed by atoms with Gasteiger partial charge in [0.15, 0.2) is 19.3 Å². The summed E-state index contributed by atoms with van der Waals surface area (Å²) in [4.78, 5) is 46.0. The van der Waals surface area contributed by atoms with Gasteiger partial charge in [-0.3, -0.25) is 9.59 Å². The highest BCUT2D eigenvalue weighted by atomic mass is 79.9. The maximum absolute atomic E-state index is 11.0. The van der Waals surface area contributed by atoms with Crippen LogP contribution in [0.2, 0.25) is 0 Å². The molecule has 512 valence electrons. The van der Waals surface area contributed by atoms with Crippen molar-refractivity contribution in [2.75, 3.05) is 107 Å². The molecule has 0 saturated carbocycles. The van der Waals surface area contributed by atoms with E-state index in [1.807, 2.05) is 16.1 Å². The van der Waals surface area contributed by atoms with Gasteiger partial charge in [0.2, 0.25) is 0 Å². The number of hydrogen-bond acceptors (Lipinski definition) is 22. The van der Waals surface area contributed by atoms with E-state index in [-0.39, 0.29) is 49.0 Å². The third-order valence-corrected chi connectivity index (χ3v) is 24.1. The van der Waals surface area contributed by atoms with Crippen LogP contribution >= 0.6 is 109 Å². The standard InChI is InChI=1S/C21H29N3OS.C17H25BO2.C10H16BrN3OS.C8H9BrN2OS.C5H9NO.C3HBr2NS.C2H7NO/c1-21(2)8-5-15-3-4-16(13-18(15)21)19-14-26-20(23-19)24-10-6-17(7-11-24)22-9-12-25;1-15(2)10-9-12-7-8-13(11-14(12)15)18-19-16(3,4)17(5,6)20-18;11-9-7-16-10(13-9)14-4-1-8(2-5-14)12-3-6-15;9-7-5-13-8(10-7)11-3-1-6(12)2-4-11;7-5-1-3-6-4-2-5;4-2-1-7-3(5)6-2;3-1-2-4/h3-4,13-14,17,22,25H,5-12H2,1-2H3;7-8,11H,9-10H2,1-6H3;7-8,12,15H,1-6H2;5H,1-4H2;6H,1-4H2;1H;4H,1-3H2. The minimum Gasteiger partial charge on any atom is -0.399 e. The molecule has 6 aromatic rings. The quantitative estimate of drug-likeness (QED) is 0.0564. The molecule has 5 saturated heterocycles. The number of carbonyl (C=O) groups is 2. The van der Waals surface area contributed by atoms with Crippen LogP contribution in [0, 0.1) is 0 Å². The Morgan fingerprint density at radius 2 is 1.00 bits per heavy atom. The molecule has 9 heterocycles. The third-order valence-electron chi connectivity index (χ3n) is 17.9. The van der Waals surface area contributed by atoms with E-state index in [0.29, 0.717) is 56.1 Å². The number of rotatable bonds is 12. The summed E-state index contributed by atoms with van der Waals surface area (Å²) in [7, 11) is -0.248. The SMILES string of the molecule is Brc1csc(Br)n1.CC1(C)CCc2ccc(-c3csc(N4CCC(NCCO)CC4)n3)cc21.CC1(C)CCc2ccc(B3OC(C)(C)C(C)(C)O3)cc21.NCCO.O=C1CCN(c2nc(Br)cs2)CC1.O=C1CCNCC1.OCCNC1CCN(c2nc(Br)cs2)CC1. The van der Waals surface area contributed by atoms with Crippen molar-refractivity contribution in [3.8, 4) is 11.3 Å². The smallest absolute Gasteiger partial charge is 0.399 e. The molecular weight excluding hydrogens is 1520 g/mol. The molecule has 0 radical (unpaired) electrons. The van der Waals surface area contributed by atoms with Gasteiger partial charge in [-0.05, 0) is 187 Å². The van der Waals surface area contributed by atoms with Gasteiger partial charge in [-0.15, -0.1) is 45.3 Å². The predicted molar refractivity (Wildman–Crippen MR) is 400 cm³/mol. The average Bonchev–Trinajstić information content (AvgIpc) is 1.63. The number of benzene rings is 2. The second-order valence-electron chi connectivity index (χ2n) is 26.2. The minimum absolute atomic E-state index is 0.0972. The van der Waals surface area contributed by atoms with E-state index in [2.05, 4.69) is 206 Å². The van der Waals surface area contributed by atoms with E-state index < -0.39 is 0 Å². The summed E-state index contributed by atoms with van der Waals surface area (Å²) in [6.45, 7) is 27.6. The Hall–Kier alpha value is -2.68. The lowest BCUT2D eigenvalue weighted by atomic mass is 9.75. The number of hydrogen-bond donors (Lipinski definition) is 7. The number of fused-ring (bicyclic) bond motifs is 2. The molecule has 2 aliphatic carbocycles. The highest BCUT2D eigenvalue weighted by molar-refractivity contribution is 9.11. The number of thiazole rings is 4. The van der Waals surface area contributed by atoms with E-state index in [4.69, 9.17) is 35.3 Å². The van der Waals surface area contributed by atoms with Gasteiger partial charge in [0, 0.05) is 137 Å². The topological polar surface area (TPSA) is 237 Å². The Morgan fingerprint density at radius 3 is 1.41 bits per heavy atom. The van der Waals surface area contributed by atoms with Gasteiger partial charge in [0.1, 0.15) is 25.4 Å². The Morgan fingerprint density at radius 1 is 0.570 bits per heavy atom. The van der Waals surface area contributed by atoms with Crippen LogP contribution < -0.4 is 41.8 Å². The van der Waals surface area contributed by atoms with Crippen LogP contribution in [0.5, 0.6) is 0 Å². The molecule has 8 N–H and O–H groups in total. The van der Waals surface area contributed by atoms with Crippen LogP contribution in [-0.2, 0) is 42.6 Å². The largest absolute Gasteiger partial charge is 0.494 e. The van der Waals surface area contributed by atoms with Gasteiger partial charge in [0.25, 0.3) is 0 Å². The van der Waals surface area contributed by atoms with Crippen LogP contribution in [0.3, 0.4) is 0 Å². The molecule has 5 aliphatic heterocycles. The summed E-state index contributed by atoms with van der Waals surface area (Å²) in [5.41, 5.74) is 14.3. The van der Waals surface area contributed by atoms with Gasteiger partial charge >= 0.3 is 7.12 Å². The molecule has 4 aromatic heterocycles. The molecule has 27 heteroatoms. The molecule has 0 spiro atoms. The van der Waals surface area contributed by atoms with Crippen LogP contribution in [0.25, 0.3) is 11.3 Å². The number of nitrogens with one attached hydrogen (secondary N) is 3. The van der Waals surface area contributed by atoms with E-state index in [1.54, 1.807) is 45.3 Å². The molecular formula is C66H96BBr4N11O7S4. The summed E-state index contributed by atoms with van der Waals surface area (Å²) >= 11 is 19.7. The number of halogens is 4. The highest BCUT2D eigenvalue weighted by Crippen LogP contribution is 2.42. The van der Waals surface area contributed by atoms with E-state index in [0.717, 1.165) is 135 Å². The molecule has 0 unspecified atom stereocenters. The van der Waals surface area contributed by atoms with Crippen molar-refractivity contribution in [1.29, 1.82) is 0 Å². The van der Waals surface area contributed by atoms with Crippen molar-refractivity contribution in [1.82, 2.24) is 35.9 Å². The minimum atomic E-state index is -0.272. The summed E-state index contributed by atoms with van der Waals surface area (Å²) in [6.07, 6.45) is 12.1. The van der Waals surface area contributed by atoms with Gasteiger partial charge in [-0.2, -0.15) is 0 Å². The highest BCUT2D eigenvalue weighted by Gasteiger charge is 2.52. The van der Waals surface area contributed by atoms with E-state index in [1.165, 1.54) is 53.5 Å². The number of aliphatic hydroxyl groups excluding tert-OH is 3. The molecule has 93 heavy (non-hydrogen) atoms. The normalized spacial score (nSPS) is 19.4. The second-order valence-corrected chi connectivity index (χ2v) is 33.3. The van der Waals surface area contributed by atoms with Crippen LogP contribution in [0.15, 0.2) is 75.6 Å². The molecule has 2 aromatic carbocycles. The molecule has 5 fully saturated rings. The molecule has 0 amide bonds. The van der Waals surface area contributed by atoms with Gasteiger partial charge in [-0.1, -0.05) is 58.0 Å². The summed E-state index contributed by atoms with van der Waals surface area (Å²) in [5.74, 6) is 0.769. The Bertz CT molecular complexity index is 3210. The maximum Gasteiger partial charge on any atom is 0.494 e. The van der Waals surface area contributed by atoms with Gasteiger partial charge in [0.05, 0.1) is 36.7 Å². The summed E-state index contributed by atoms with van der Waals surface area (Å²) < 4.78 is 15.9. The first-order chi connectivity index (χ1) is 44.3. The fourth-order valence-corrected chi connectivity index (χ4v) is 16.8. The number of anilines is 3. The lowest BCUT2D eigenvalue weighted by molar-refractivity contribution is -0.120. The van der Waals surface area contributed by atoms with E-state index in [9.17, 15) is 9.59 Å². The first-order valence-electron chi connectivity index (χ1n) is 32.4. The predicted octanol–water partition coefficient (Wildman–Crippen LogP) is 11.9. The zero-order valence-corrected chi connectivity index (χ0v) is 64.8. The number of piperidine rings is 4. The third kappa shape index (κ3) is 23.8. The first kappa shape index (κ1) is 77.7. The molecule has 7 aliphatic rings. The lowest BCUT2D eigenvalue weighted by Gasteiger charge is -2.32. The van der Waals surface area contributed by atoms with Crippen molar-refractivity contribution in [2.45, 2.75) is 167 Å². The van der Waals surface area contributed by atoms with Crippen LogP contribution in [0.4, 0.5) is 15.4 Å². The number of Topliss-reactive ketones (excluding diaryl/α,β-unsaturated/α-hetero) is 2. The molecule has 0 atom stereocenters. The summed E-state index contributed by atoms with van der Waals surface area (Å²) in [6, 6.07) is 14.7. The van der Waals surface area contributed by atoms with Crippen molar-refractivity contribution in [3.05, 3.63) is 97.9 Å². The number of aryl methyl sites for hydroxylation is 2. The molecule has 13 rings (SSSR count). The molecule has 0 bridgehead atoms. The summed E-state index contributed by atoms with van der Waals surface area (Å²) in [5, 5.41) is 46.7. The first-order valence-corrected chi connectivity index (χ1v) is 39.1. The average molecular weight is 1610 g/mol. The van der Waals surface area contributed by atoms with Crippen molar-refractivity contribution >= 4 is 149 Å². The zero-order chi connectivity index (χ0) is 67.3. The Balaban J connectivity index is 0.000000164. The van der Waals surface area contributed by atoms with Crippen LogP contribution in [0.1, 0.15) is 142 Å². The van der Waals surface area contributed by atoms with Crippen LogP contribution in [-0.4, -0.2) is 169 Å². The number of aliphatic hydroxyl groups is 3. The van der Waals surface area contributed by atoms with Crippen molar-refractivity contribution in [2.24, 2.45) is 5.73 Å². The maximum atomic E-state index is 11.0. The fourth-order valence-electron chi connectivity index (χ4n) is 11.6. The Kier molecular flexibility index (Phi) is 31.3. The fraction of sp³-hybridized carbons (Fsp3) is 0.606.